The quantitative estimate of drug-likeness (QED) is 0.785. The van der Waals surface area contributed by atoms with Gasteiger partial charge in [-0.2, -0.15) is 0 Å². The van der Waals surface area contributed by atoms with Crippen molar-refractivity contribution in [1.82, 2.24) is 15.5 Å². The maximum Gasteiger partial charge on any atom is 0.223 e. The smallest absolute Gasteiger partial charge is 0.223 e. The van der Waals surface area contributed by atoms with Gasteiger partial charge in [0.15, 0.2) is 0 Å². The van der Waals surface area contributed by atoms with Crippen LogP contribution in [-0.2, 0) is 4.79 Å². The van der Waals surface area contributed by atoms with E-state index in [2.05, 4.69) is 29.4 Å². The first-order valence-corrected chi connectivity index (χ1v) is 7.33. The predicted octanol–water partition coefficient (Wildman–Crippen LogP) is 0.977. The lowest BCUT2D eigenvalue weighted by atomic mass is 9.96. The van der Waals surface area contributed by atoms with Crippen molar-refractivity contribution >= 4 is 5.91 Å². The molecule has 4 heteroatoms. The summed E-state index contributed by atoms with van der Waals surface area (Å²) in [6, 6.07) is 0. The Kier molecular flexibility index (Phi) is 4.62. The summed E-state index contributed by atoms with van der Waals surface area (Å²) in [5, 5.41) is 6.46. The van der Waals surface area contributed by atoms with E-state index in [4.69, 9.17) is 0 Å². The minimum absolute atomic E-state index is 0.0963. The summed E-state index contributed by atoms with van der Waals surface area (Å²) in [6.45, 7) is 9.56. The molecule has 0 aliphatic carbocycles. The van der Waals surface area contributed by atoms with E-state index >= 15 is 0 Å². The minimum Gasteiger partial charge on any atom is -0.354 e. The van der Waals surface area contributed by atoms with Crippen LogP contribution in [0.1, 0.15) is 39.5 Å². The summed E-state index contributed by atoms with van der Waals surface area (Å²) in [6.07, 6.45) is 4.56. The Hall–Kier alpha value is -0.610. The molecule has 4 nitrogen and oxygen atoms in total. The number of carbonyl (C=O) groups is 1. The Labute approximate surface area is 110 Å². The van der Waals surface area contributed by atoms with Gasteiger partial charge in [0.2, 0.25) is 5.91 Å². The Morgan fingerprint density at radius 2 is 1.89 bits per heavy atom. The summed E-state index contributed by atoms with van der Waals surface area (Å²) >= 11 is 0. The lowest BCUT2D eigenvalue weighted by molar-refractivity contribution is -0.126. The summed E-state index contributed by atoms with van der Waals surface area (Å²) < 4.78 is 0. The molecule has 0 saturated carbocycles. The normalized spacial score (nSPS) is 23.2. The number of carbonyl (C=O) groups excluding carboxylic acids is 1. The van der Waals surface area contributed by atoms with Crippen molar-refractivity contribution in [2.75, 3.05) is 32.7 Å². The van der Waals surface area contributed by atoms with E-state index < -0.39 is 0 Å². The largest absolute Gasteiger partial charge is 0.354 e. The number of rotatable bonds is 4. The fourth-order valence-corrected chi connectivity index (χ4v) is 2.97. The van der Waals surface area contributed by atoms with Crippen molar-refractivity contribution < 1.29 is 4.79 Å². The highest BCUT2D eigenvalue weighted by Gasteiger charge is 2.30. The van der Waals surface area contributed by atoms with Crippen molar-refractivity contribution in [1.29, 1.82) is 0 Å². The molecule has 0 aromatic heterocycles. The average molecular weight is 253 g/mol. The third-order valence-corrected chi connectivity index (χ3v) is 4.37. The van der Waals surface area contributed by atoms with Gasteiger partial charge in [0.05, 0.1) is 0 Å². The Morgan fingerprint density at radius 3 is 2.50 bits per heavy atom. The van der Waals surface area contributed by atoms with E-state index in [1.807, 2.05) is 0 Å². The zero-order valence-corrected chi connectivity index (χ0v) is 11.8. The SMILES string of the molecule is CC(C)(CNC(=O)C1CCNCC1)N1CCCC1. The number of nitrogens with one attached hydrogen (secondary N) is 2. The molecule has 0 unspecified atom stereocenters. The molecule has 0 aromatic rings. The van der Waals surface area contributed by atoms with Crippen LogP contribution in [0.2, 0.25) is 0 Å². The summed E-state index contributed by atoms with van der Waals surface area (Å²) in [7, 11) is 0. The van der Waals surface area contributed by atoms with Gasteiger partial charge in [-0.25, -0.2) is 0 Å². The molecule has 2 heterocycles. The summed E-state index contributed by atoms with van der Waals surface area (Å²) in [4.78, 5) is 14.6. The van der Waals surface area contributed by atoms with E-state index in [1.165, 1.54) is 25.9 Å². The van der Waals surface area contributed by atoms with Gasteiger partial charge in [-0.15, -0.1) is 0 Å². The van der Waals surface area contributed by atoms with E-state index in [-0.39, 0.29) is 17.4 Å². The molecular formula is C14H27N3O. The van der Waals surface area contributed by atoms with Crippen molar-refractivity contribution in [2.24, 2.45) is 5.92 Å². The topological polar surface area (TPSA) is 44.4 Å². The zero-order valence-electron chi connectivity index (χ0n) is 11.8. The maximum absolute atomic E-state index is 12.1. The molecule has 0 radical (unpaired) electrons. The second kappa shape index (κ2) is 6.02. The van der Waals surface area contributed by atoms with Crippen molar-refractivity contribution in [3.63, 3.8) is 0 Å². The van der Waals surface area contributed by atoms with Crippen molar-refractivity contribution in [3.05, 3.63) is 0 Å². The molecule has 2 aliphatic heterocycles. The van der Waals surface area contributed by atoms with Gasteiger partial charge in [-0.1, -0.05) is 0 Å². The standard InChI is InChI=1S/C14H27N3O/c1-14(2,17-9-3-4-10-17)11-16-13(18)12-5-7-15-8-6-12/h12,15H,3-11H2,1-2H3,(H,16,18). The molecule has 2 saturated heterocycles. The van der Waals surface area contributed by atoms with E-state index in [0.717, 1.165) is 32.5 Å². The third-order valence-electron chi connectivity index (χ3n) is 4.37. The van der Waals surface area contributed by atoms with E-state index in [1.54, 1.807) is 0 Å². The fourth-order valence-electron chi connectivity index (χ4n) is 2.97. The number of amides is 1. The van der Waals surface area contributed by atoms with Crippen LogP contribution in [0.4, 0.5) is 0 Å². The number of hydrogen-bond acceptors (Lipinski definition) is 3. The van der Waals surface area contributed by atoms with Crippen LogP contribution in [0.15, 0.2) is 0 Å². The molecule has 1 amide bonds. The van der Waals surface area contributed by atoms with Crippen LogP contribution < -0.4 is 10.6 Å². The van der Waals surface area contributed by atoms with Crippen molar-refractivity contribution in [2.45, 2.75) is 45.1 Å². The van der Waals surface area contributed by atoms with Crippen LogP contribution in [0.25, 0.3) is 0 Å². The summed E-state index contributed by atoms with van der Waals surface area (Å²) in [5.74, 6) is 0.476. The number of likely N-dealkylation sites (tertiary alicyclic amines) is 1. The number of hydrogen-bond donors (Lipinski definition) is 2. The van der Waals surface area contributed by atoms with E-state index in [0.29, 0.717) is 0 Å². The number of nitrogens with zero attached hydrogens (tertiary/aromatic N) is 1. The van der Waals surface area contributed by atoms with Gasteiger partial charge in [0, 0.05) is 18.0 Å². The van der Waals surface area contributed by atoms with Crippen LogP contribution in [0.5, 0.6) is 0 Å². The van der Waals surface area contributed by atoms with Gasteiger partial charge >= 0.3 is 0 Å². The Bertz CT molecular complexity index is 279. The second-order valence-corrected chi connectivity index (χ2v) is 6.25. The van der Waals surface area contributed by atoms with Crippen LogP contribution in [0.3, 0.4) is 0 Å². The van der Waals surface area contributed by atoms with Crippen LogP contribution in [0, 0.1) is 5.92 Å². The van der Waals surface area contributed by atoms with E-state index in [9.17, 15) is 4.79 Å². The maximum atomic E-state index is 12.1. The molecular weight excluding hydrogens is 226 g/mol. The second-order valence-electron chi connectivity index (χ2n) is 6.25. The first-order chi connectivity index (χ1) is 8.59. The van der Waals surface area contributed by atoms with Gasteiger partial charge in [0.25, 0.3) is 0 Å². The highest BCUT2D eigenvalue weighted by atomic mass is 16.1. The monoisotopic (exact) mass is 253 g/mol. The zero-order chi connectivity index (χ0) is 13.0. The molecule has 0 bridgehead atoms. The molecule has 18 heavy (non-hydrogen) atoms. The van der Waals surface area contributed by atoms with Crippen LogP contribution >= 0.6 is 0 Å². The van der Waals surface area contributed by atoms with Gasteiger partial charge in [-0.05, 0) is 65.7 Å². The third kappa shape index (κ3) is 3.45. The Morgan fingerprint density at radius 1 is 1.28 bits per heavy atom. The molecule has 2 aliphatic rings. The predicted molar refractivity (Wildman–Crippen MR) is 73.5 cm³/mol. The minimum atomic E-state index is 0.0963. The highest BCUT2D eigenvalue weighted by Crippen LogP contribution is 2.20. The van der Waals surface area contributed by atoms with Gasteiger partial charge in [-0.3, -0.25) is 9.69 Å². The van der Waals surface area contributed by atoms with Crippen molar-refractivity contribution in [3.8, 4) is 0 Å². The first-order valence-electron chi connectivity index (χ1n) is 7.33. The molecule has 0 spiro atoms. The highest BCUT2D eigenvalue weighted by molar-refractivity contribution is 5.78. The molecule has 104 valence electrons. The summed E-state index contributed by atoms with van der Waals surface area (Å²) in [5.41, 5.74) is 0.0963. The molecule has 2 N–H and O–H groups in total. The lowest BCUT2D eigenvalue weighted by Gasteiger charge is -2.36. The average Bonchev–Trinajstić information content (AvgIpc) is 2.92. The fraction of sp³-hybridized carbons (Fsp3) is 0.929. The molecule has 0 aromatic carbocycles. The number of piperidine rings is 1. The van der Waals surface area contributed by atoms with Crippen LogP contribution in [-0.4, -0.2) is 49.1 Å². The molecule has 0 atom stereocenters. The first kappa shape index (κ1) is 13.8. The molecule has 2 fully saturated rings. The van der Waals surface area contributed by atoms with Gasteiger partial charge in [0.1, 0.15) is 0 Å². The van der Waals surface area contributed by atoms with Gasteiger partial charge < -0.3 is 10.6 Å². The lowest BCUT2D eigenvalue weighted by Crippen LogP contribution is -2.51. The molecule has 2 rings (SSSR count). The Balaban J connectivity index is 1.77.